The molecule has 1 aliphatic heterocycles. The number of piperazine rings is 1. The van der Waals surface area contributed by atoms with Gasteiger partial charge >= 0.3 is 0 Å². The molecule has 7 heteroatoms. The van der Waals surface area contributed by atoms with Gasteiger partial charge in [-0.05, 0) is 30.3 Å². The monoisotopic (exact) mass is 385 g/mol. The minimum Gasteiger partial charge on any atom is -0.463 e. The van der Waals surface area contributed by atoms with E-state index < -0.39 is 0 Å². The number of para-hydroxylation sites is 1. The molecule has 1 aliphatic rings. The normalized spacial score (nSPS) is 14.3. The number of amides is 1. The SMILES string of the molecule is O=C(c1cc(-c2ccco2)nc2ccccc12)N1CCN(c2ncccn2)CC1. The van der Waals surface area contributed by atoms with Gasteiger partial charge in [-0.25, -0.2) is 15.0 Å². The van der Waals surface area contributed by atoms with Crippen LogP contribution in [0.2, 0.25) is 0 Å². The van der Waals surface area contributed by atoms with Gasteiger partial charge in [0, 0.05) is 44.0 Å². The molecule has 4 heterocycles. The molecule has 0 saturated carbocycles. The van der Waals surface area contributed by atoms with Crippen molar-refractivity contribution in [2.24, 2.45) is 0 Å². The molecule has 0 atom stereocenters. The molecule has 0 N–H and O–H groups in total. The number of pyridine rings is 1. The van der Waals surface area contributed by atoms with Gasteiger partial charge in [0.25, 0.3) is 5.91 Å². The van der Waals surface area contributed by atoms with E-state index in [1.165, 1.54) is 0 Å². The fraction of sp³-hybridized carbons (Fsp3) is 0.182. The summed E-state index contributed by atoms with van der Waals surface area (Å²) in [6, 6.07) is 15.0. The van der Waals surface area contributed by atoms with Crippen molar-refractivity contribution >= 4 is 22.8 Å². The van der Waals surface area contributed by atoms with Gasteiger partial charge < -0.3 is 14.2 Å². The van der Waals surface area contributed by atoms with Gasteiger partial charge in [0.05, 0.1) is 17.3 Å². The molecule has 5 rings (SSSR count). The molecular weight excluding hydrogens is 366 g/mol. The van der Waals surface area contributed by atoms with Crippen LogP contribution in [0.25, 0.3) is 22.4 Å². The number of nitrogens with zero attached hydrogens (tertiary/aromatic N) is 5. The maximum atomic E-state index is 13.4. The summed E-state index contributed by atoms with van der Waals surface area (Å²) < 4.78 is 5.50. The predicted molar refractivity (Wildman–Crippen MR) is 110 cm³/mol. The van der Waals surface area contributed by atoms with Crippen LogP contribution in [0, 0.1) is 0 Å². The van der Waals surface area contributed by atoms with Crippen LogP contribution in [0.5, 0.6) is 0 Å². The molecule has 0 radical (unpaired) electrons. The van der Waals surface area contributed by atoms with Crippen LogP contribution in [0.15, 0.2) is 71.6 Å². The summed E-state index contributed by atoms with van der Waals surface area (Å²) in [6.07, 6.45) is 5.08. The number of carbonyl (C=O) groups is 1. The van der Waals surface area contributed by atoms with Crippen molar-refractivity contribution in [1.29, 1.82) is 0 Å². The highest BCUT2D eigenvalue weighted by molar-refractivity contribution is 6.07. The van der Waals surface area contributed by atoms with E-state index >= 15 is 0 Å². The Balaban J connectivity index is 1.44. The second-order valence-corrected chi connectivity index (χ2v) is 6.88. The number of benzene rings is 1. The highest BCUT2D eigenvalue weighted by atomic mass is 16.3. The molecule has 3 aromatic heterocycles. The molecule has 1 fully saturated rings. The lowest BCUT2D eigenvalue weighted by molar-refractivity contribution is 0.0748. The number of carbonyl (C=O) groups excluding carboxylic acids is 1. The van der Waals surface area contributed by atoms with Crippen LogP contribution in [-0.4, -0.2) is 51.9 Å². The first-order valence-electron chi connectivity index (χ1n) is 9.54. The van der Waals surface area contributed by atoms with Gasteiger partial charge in [0.2, 0.25) is 5.95 Å². The summed E-state index contributed by atoms with van der Waals surface area (Å²) in [5.74, 6) is 1.36. The summed E-state index contributed by atoms with van der Waals surface area (Å²) in [5.41, 5.74) is 2.08. The first-order valence-corrected chi connectivity index (χ1v) is 9.54. The standard InChI is InChI=1S/C22H19N5O2/c28-21(26-10-12-27(13-11-26)22-23-8-4-9-24-22)17-15-19(20-7-3-14-29-20)25-18-6-2-1-5-16(17)18/h1-9,14-15H,10-13H2. The molecule has 1 saturated heterocycles. The Morgan fingerprint density at radius 2 is 1.72 bits per heavy atom. The highest BCUT2D eigenvalue weighted by Crippen LogP contribution is 2.26. The molecule has 0 bridgehead atoms. The minimum atomic E-state index is 0.00466. The van der Waals surface area contributed by atoms with Crippen molar-refractivity contribution in [2.75, 3.05) is 31.1 Å². The molecule has 7 nitrogen and oxygen atoms in total. The van der Waals surface area contributed by atoms with E-state index in [0.717, 1.165) is 10.9 Å². The minimum absolute atomic E-state index is 0.00466. The van der Waals surface area contributed by atoms with E-state index in [1.54, 1.807) is 24.7 Å². The highest BCUT2D eigenvalue weighted by Gasteiger charge is 2.25. The van der Waals surface area contributed by atoms with Gasteiger partial charge in [-0.2, -0.15) is 0 Å². The molecule has 1 aromatic carbocycles. The Morgan fingerprint density at radius 3 is 2.48 bits per heavy atom. The largest absolute Gasteiger partial charge is 0.463 e. The Morgan fingerprint density at radius 1 is 0.931 bits per heavy atom. The molecule has 4 aromatic rings. The van der Waals surface area contributed by atoms with Gasteiger partial charge in [0.15, 0.2) is 5.76 Å². The number of furan rings is 1. The number of hydrogen-bond donors (Lipinski definition) is 0. The third kappa shape index (κ3) is 3.31. The average molecular weight is 385 g/mol. The molecule has 29 heavy (non-hydrogen) atoms. The van der Waals surface area contributed by atoms with Crippen molar-refractivity contribution in [3.8, 4) is 11.5 Å². The molecule has 0 aliphatic carbocycles. The lowest BCUT2D eigenvalue weighted by atomic mass is 10.0. The van der Waals surface area contributed by atoms with Gasteiger partial charge in [-0.1, -0.05) is 18.2 Å². The molecule has 1 amide bonds. The zero-order valence-corrected chi connectivity index (χ0v) is 15.7. The third-order valence-electron chi connectivity index (χ3n) is 5.12. The van der Waals surface area contributed by atoms with Crippen molar-refractivity contribution in [3.63, 3.8) is 0 Å². The van der Waals surface area contributed by atoms with E-state index in [1.807, 2.05) is 47.4 Å². The number of anilines is 1. The van der Waals surface area contributed by atoms with Crippen molar-refractivity contribution in [1.82, 2.24) is 19.9 Å². The van der Waals surface area contributed by atoms with Crippen LogP contribution in [0.3, 0.4) is 0 Å². The van der Waals surface area contributed by atoms with Crippen LogP contribution >= 0.6 is 0 Å². The summed E-state index contributed by atoms with van der Waals surface area (Å²) >= 11 is 0. The smallest absolute Gasteiger partial charge is 0.254 e. The van der Waals surface area contributed by atoms with Crippen molar-refractivity contribution in [2.45, 2.75) is 0 Å². The van der Waals surface area contributed by atoms with E-state index in [-0.39, 0.29) is 5.91 Å². The Hall–Kier alpha value is -3.74. The summed E-state index contributed by atoms with van der Waals surface area (Å²) in [7, 11) is 0. The van der Waals surface area contributed by atoms with Gasteiger partial charge in [-0.3, -0.25) is 4.79 Å². The fourth-order valence-electron chi connectivity index (χ4n) is 3.64. The zero-order chi connectivity index (χ0) is 19.6. The zero-order valence-electron chi connectivity index (χ0n) is 15.7. The Kier molecular flexibility index (Phi) is 4.40. The Labute approximate surface area is 167 Å². The van der Waals surface area contributed by atoms with Crippen LogP contribution in [0.1, 0.15) is 10.4 Å². The van der Waals surface area contributed by atoms with Gasteiger partial charge in [0.1, 0.15) is 5.69 Å². The lowest BCUT2D eigenvalue weighted by Crippen LogP contribution is -2.49. The number of aromatic nitrogens is 3. The Bertz CT molecular complexity index is 1140. The average Bonchev–Trinajstić information content (AvgIpc) is 3.34. The molecule has 0 unspecified atom stereocenters. The quantitative estimate of drug-likeness (QED) is 0.539. The predicted octanol–water partition coefficient (Wildman–Crippen LogP) is 3.25. The maximum Gasteiger partial charge on any atom is 0.254 e. The number of hydrogen-bond acceptors (Lipinski definition) is 6. The van der Waals surface area contributed by atoms with E-state index in [4.69, 9.17) is 4.42 Å². The molecule has 144 valence electrons. The number of rotatable bonds is 3. The number of fused-ring (bicyclic) bond motifs is 1. The summed E-state index contributed by atoms with van der Waals surface area (Å²) in [6.45, 7) is 2.63. The fourth-order valence-corrected chi connectivity index (χ4v) is 3.64. The maximum absolute atomic E-state index is 13.4. The first-order chi connectivity index (χ1) is 14.3. The van der Waals surface area contributed by atoms with Crippen LogP contribution in [0.4, 0.5) is 5.95 Å². The second-order valence-electron chi connectivity index (χ2n) is 6.88. The first kappa shape index (κ1) is 17.4. The van der Waals surface area contributed by atoms with Crippen molar-refractivity contribution < 1.29 is 9.21 Å². The topological polar surface area (TPSA) is 75.4 Å². The summed E-state index contributed by atoms with van der Waals surface area (Å²) in [5, 5.41) is 0.849. The lowest BCUT2D eigenvalue weighted by Gasteiger charge is -2.34. The van der Waals surface area contributed by atoms with Crippen LogP contribution in [-0.2, 0) is 0 Å². The van der Waals surface area contributed by atoms with E-state index in [0.29, 0.717) is 49.1 Å². The van der Waals surface area contributed by atoms with Crippen LogP contribution < -0.4 is 4.90 Å². The van der Waals surface area contributed by atoms with Crippen molar-refractivity contribution in [3.05, 3.63) is 72.8 Å². The summed E-state index contributed by atoms with van der Waals surface area (Å²) in [4.78, 5) is 30.7. The van der Waals surface area contributed by atoms with E-state index in [9.17, 15) is 4.79 Å². The molecular formula is C22H19N5O2. The molecule has 0 spiro atoms. The van der Waals surface area contributed by atoms with E-state index in [2.05, 4.69) is 19.9 Å². The van der Waals surface area contributed by atoms with Gasteiger partial charge in [-0.15, -0.1) is 0 Å². The second kappa shape index (κ2) is 7.35. The third-order valence-corrected chi connectivity index (χ3v) is 5.12.